The van der Waals surface area contributed by atoms with Gasteiger partial charge in [-0.1, -0.05) is 48.5 Å². The normalized spacial score (nSPS) is 17.2. The Hall–Kier alpha value is -4.38. The maximum atomic E-state index is 13.4. The van der Waals surface area contributed by atoms with Crippen LogP contribution in [0.15, 0.2) is 83.8 Å². The number of urea groups is 1. The first-order chi connectivity index (χ1) is 18.1. The quantitative estimate of drug-likeness (QED) is 0.404. The van der Waals surface area contributed by atoms with Crippen LogP contribution in [0.1, 0.15) is 19.4 Å². The molecule has 0 spiro atoms. The highest BCUT2D eigenvalue weighted by Crippen LogP contribution is 2.32. The van der Waals surface area contributed by atoms with Gasteiger partial charge in [-0.2, -0.15) is 0 Å². The van der Waals surface area contributed by atoms with E-state index in [1.807, 2.05) is 0 Å². The van der Waals surface area contributed by atoms with Crippen molar-refractivity contribution >= 4 is 39.2 Å². The molecule has 1 atom stereocenters. The van der Waals surface area contributed by atoms with E-state index in [1.54, 1.807) is 74.5 Å². The van der Waals surface area contributed by atoms with Gasteiger partial charge in [0.25, 0.3) is 15.9 Å². The summed E-state index contributed by atoms with van der Waals surface area (Å²) in [6.07, 6.45) is 0. The maximum Gasteiger partial charge on any atom is 0.325 e. The third-order valence-electron chi connectivity index (χ3n) is 6.29. The average Bonchev–Trinajstić information content (AvgIpc) is 3.13. The Balaban J connectivity index is 1.56. The van der Waals surface area contributed by atoms with E-state index in [9.17, 15) is 22.8 Å². The van der Waals surface area contributed by atoms with Crippen LogP contribution in [0.25, 0.3) is 0 Å². The van der Waals surface area contributed by atoms with Gasteiger partial charge >= 0.3 is 6.03 Å². The van der Waals surface area contributed by atoms with Crippen molar-refractivity contribution in [3.05, 3.63) is 84.4 Å². The van der Waals surface area contributed by atoms with E-state index in [4.69, 9.17) is 4.74 Å². The van der Waals surface area contributed by atoms with E-state index >= 15 is 0 Å². The minimum Gasteiger partial charge on any atom is -0.495 e. The monoisotopic (exact) mass is 536 g/mol. The second kappa shape index (κ2) is 10.5. The van der Waals surface area contributed by atoms with Crippen LogP contribution in [0, 0.1) is 0 Å². The largest absolute Gasteiger partial charge is 0.495 e. The summed E-state index contributed by atoms with van der Waals surface area (Å²) < 4.78 is 33.4. The lowest BCUT2D eigenvalue weighted by molar-refractivity contribution is -0.133. The smallest absolute Gasteiger partial charge is 0.325 e. The molecule has 4 amide bonds. The number of carbonyl (C=O) groups is 3. The summed E-state index contributed by atoms with van der Waals surface area (Å²) >= 11 is 0. The summed E-state index contributed by atoms with van der Waals surface area (Å²) in [6.45, 7) is 2.91. The van der Waals surface area contributed by atoms with Gasteiger partial charge in [-0.05, 0) is 49.7 Å². The van der Waals surface area contributed by atoms with Crippen molar-refractivity contribution in [2.75, 3.05) is 29.8 Å². The molecule has 3 aromatic carbocycles. The van der Waals surface area contributed by atoms with Crippen molar-refractivity contribution in [1.29, 1.82) is 0 Å². The number of rotatable bonds is 9. The summed E-state index contributed by atoms with van der Waals surface area (Å²) in [7, 11) is -2.60. The third-order valence-corrected chi connectivity index (χ3v) is 8.19. The number of para-hydroxylation sites is 1. The Morgan fingerprint density at radius 1 is 1.03 bits per heavy atom. The van der Waals surface area contributed by atoms with Gasteiger partial charge in [0.15, 0.2) is 0 Å². The van der Waals surface area contributed by atoms with E-state index in [-0.39, 0.29) is 22.9 Å². The van der Waals surface area contributed by atoms with Gasteiger partial charge in [-0.25, -0.2) is 13.2 Å². The molecule has 3 aromatic rings. The van der Waals surface area contributed by atoms with E-state index < -0.39 is 40.0 Å². The summed E-state index contributed by atoms with van der Waals surface area (Å²) in [6, 6.07) is 20.8. The zero-order chi connectivity index (χ0) is 27.5. The fourth-order valence-electron chi connectivity index (χ4n) is 4.30. The lowest BCUT2D eigenvalue weighted by Crippen LogP contribution is -2.42. The molecule has 38 heavy (non-hydrogen) atoms. The number of hydrogen-bond acceptors (Lipinski definition) is 6. The molecule has 0 saturated carbocycles. The predicted molar refractivity (Wildman–Crippen MR) is 142 cm³/mol. The standard InChI is InChI=1S/C27H28N4O6S/c1-4-31(20-13-9-6-10-14-20)38(35,36)21-15-16-23(37-3)22(17-21)28-24(32)18-30-25(33)27(2,29-26(30)34)19-11-7-5-8-12-19/h5-17H,4,18H2,1-3H3,(H,28,32)(H,29,34). The van der Waals surface area contributed by atoms with E-state index in [0.29, 0.717) is 11.3 Å². The summed E-state index contributed by atoms with van der Waals surface area (Å²) in [4.78, 5) is 39.5. The van der Waals surface area contributed by atoms with Gasteiger partial charge in [0.1, 0.15) is 17.8 Å². The molecule has 1 unspecified atom stereocenters. The van der Waals surface area contributed by atoms with Crippen molar-refractivity contribution in [2.45, 2.75) is 24.3 Å². The highest BCUT2D eigenvalue weighted by atomic mass is 32.2. The van der Waals surface area contributed by atoms with Crippen molar-refractivity contribution < 1.29 is 27.5 Å². The fourth-order valence-corrected chi connectivity index (χ4v) is 5.80. The Morgan fingerprint density at radius 2 is 1.66 bits per heavy atom. The average molecular weight is 537 g/mol. The summed E-state index contributed by atoms with van der Waals surface area (Å²) in [5.41, 5.74) is -0.150. The minimum atomic E-state index is -3.98. The molecular weight excluding hydrogens is 508 g/mol. The Kier molecular flexibility index (Phi) is 7.40. The van der Waals surface area contributed by atoms with Gasteiger partial charge < -0.3 is 15.4 Å². The summed E-state index contributed by atoms with van der Waals surface area (Å²) in [5, 5.41) is 5.23. The van der Waals surface area contributed by atoms with Crippen molar-refractivity contribution in [3.63, 3.8) is 0 Å². The third kappa shape index (κ3) is 4.92. The summed E-state index contributed by atoms with van der Waals surface area (Å²) in [5.74, 6) is -1.06. The highest BCUT2D eigenvalue weighted by molar-refractivity contribution is 7.92. The molecule has 1 aliphatic heterocycles. The number of sulfonamides is 1. The number of methoxy groups -OCH3 is 1. The predicted octanol–water partition coefficient (Wildman–Crippen LogP) is 3.32. The number of nitrogens with one attached hydrogen (secondary N) is 2. The van der Waals surface area contributed by atoms with Gasteiger partial charge in [0, 0.05) is 6.54 Å². The molecule has 10 nitrogen and oxygen atoms in total. The van der Waals surface area contributed by atoms with Gasteiger partial charge in [-0.3, -0.25) is 18.8 Å². The number of anilines is 2. The van der Waals surface area contributed by atoms with Gasteiger partial charge in [0.2, 0.25) is 5.91 Å². The Bertz CT molecular complexity index is 1460. The Labute approximate surface area is 221 Å². The number of ether oxygens (including phenoxy) is 1. The minimum absolute atomic E-state index is 0.0639. The number of carbonyl (C=O) groups excluding carboxylic acids is 3. The molecule has 0 aliphatic carbocycles. The van der Waals surface area contributed by atoms with Crippen LogP contribution in [-0.2, 0) is 25.2 Å². The molecule has 4 rings (SSSR count). The maximum absolute atomic E-state index is 13.4. The van der Waals surface area contributed by atoms with Crippen molar-refractivity contribution in [2.24, 2.45) is 0 Å². The highest BCUT2D eigenvalue weighted by Gasteiger charge is 2.49. The fraction of sp³-hybridized carbons (Fsp3) is 0.222. The Morgan fingerprint density at radius 3 is 2.26 bits per heavy atom. The molecule has 1 saturated heterocycles. The molecular formula is C27H28N4O6S. The van der Waals surface area contributed by atoms with Crippen LogP contribution >= 0.6 is 0 Å². The van der Waals surface area contributed by atoms with E-state index in [1.165, 1.54) is 29.6 Å². The molecule has 1 fully saturated rings. The van der Waals surface area contributed by atoms with Crippen LogP contribution in [-0.4, -0.2) is 51.4 Å². The molecule has 1 heterocycles. The second-order valence-electron chi connectivity index (χ2n) is 8.73. The lowest BCUT2D eigenvalue weighted by atomic mass is 9.92. The zero-order valence-electron chi connectivity index (χ0n) is 21.2. The molecule has 1 aliphatic rings. The van der Waals surface area contributed by atoms with E-state index in [0.717, 1.165) is 4.90 Å². The lowest BCUT2D eigenvalue weighted by Gasteiger charge is -2.23. The first-order valence-electron chi connectivity index (χ1n) is 11.9. The molecule has 0 radical (unpaired) electrons. The first kappa shape index (κ1) is 26.7. The number of nitrogens with zero attached hydrogens (tertiary/aromatic N) is 2. The van der Waals surface area contributed by atoms with Gasteiger partial charge in [0.05, 0.1) is 23.4 Å². The topological polar surface area (TPSA) is 125 Å². The van der Waals surface area contributed by atoms with Crippen molar-refractivity contribution in [3.8, 4) is 5.75 Å². The van der Waals surface area contributed by atoms with Crippen LogP contribution in [0.4, 0.5) is 16.2 Å². The molecule has 198 valence electrons. The first-order valence-corrected chi connectivity index (χ1v) is 13.3. The molecule has 2 N–H and O–H groups in total. The molecule has 11 heteroatoms. The van der Waals surface area contributed by atoms with E-state index in [2.05, 4.69) is 10.6 Å². The van der Waals surface area contributed by atoms with Crippen LogP contribution in [0.2, 0.25) is 0 Å². The molecule has 0 aromatic heterocycles. The van der Waals surface area contributed by atoms with Gasteiger partial charge in [-0.15, -0.1) is 0 Å². The zero-order valence-corrected chi connectivity index (χ0v) is 22.0. The number of benzene rings is 3. The van der Waals surface area contributed by atoms with Crippen LogP contribution < -0.4 is 19.7 Å². The number of hydrogen-bond donors (Lipinski definition) is 2. The SMILES string of the molecule is CCN(c1ccccc1)S(=O)(=O)c1ccc(OC)c(NC(=O)CN2C(=O)NC(C)(c3ccccc3)C2=O)c1. The number of amides is 4. The number of imide groups is 1. The second-order valence-corrected chi connectivity index (χ2v) is 10.6. The van der Waals surface area contributed by atoms with Crippen LogP contribution in [0.5, 0.6) is 5.75 Å². The van der Waals surface area contributed by atoms with Crippen molar-refractivity contribution in [1.82, 2.24) is 10.2 Å². The van der Waals surface area contributed by atoms with Crippen LogP contribution in [0.3, 0.4) is 0 Å². The molecule has 0 bridgehead atoms.